The number of rotatable bonds is 7. The van der Waals surface area contributed by atoms with E-state index in [1.807, 2.05) is 30.3 Å². The second-order valence-corrected chi connectivity index (χ2v) is 6.70. The number of nitrogens with one attached hydrogen (secondary N) is 1. The Kier molecular flexibility index (Phi) is 5.76. The van der Waals surface area contributed by atoms with Gasteiger partial charge in [0, 0.05) is 37.4 Å². The molecule has 0 bridgehead atoms. The normalized spacial score (nSPS) is 17.1. The number of carbonyl (C=O) groups is 2. The number of benzene rings is 1. The predicted molar refractivity (Wildman–Crippen MR) is 95.3 cm³/mol. The average Bonchev–Trinajstić information content (AvgIpc) is 3.21. The zero-order valence-corrected chi connectivity index (χ0v) is 14.7. The number of likely N-dealkylation sites (tertiary alicyclic amines) is 1. The molecule has 0 aliphatic carbocycles. The third-order valence-corrected chi connectivity index (χ3v) is 4.55. The molecule has 132 valence electrons. The molecule has 6 heteroatoms. The fourth-order valence-electron chi connectivity index (χ4n) is 3.03. The summed E-state index contributed by atoms with van der Waals surface area (Å²) in [5.41, 5.74) is 1.10. The summed E-state index contributed by atoms with van der Waals surface area (Å²) in [7, 11) is 0. The van der Waals surface area contributed by atoms with E-state index in [0.29, 0.717) is 37.4 Å². The van der Waals surface area contributed by atoms with Crippen molar-refractivity contribution >= 4 is 23.4 Å². The topological polar surface area (TPSA) is 62.6 Å². The van der Waals surface area contributed by atoms with Crippen molar-refractivity contribution in [3.05, 3.63) is 59.0 Å². The van der Waals surface area contributed by atoms with Crippen LogP contribution in [-0.4, -0.2) is 35.8 Å². The monoisotopic (exact) mass is 360 g/mol. The van der Waals surface area contributed by atoms with Gasteiger partial charge in [0.05, 0.1) is 12.3 Å². The second-order valence-electron chi connectivity index (χ2n) is 6.27. The van der Waals surface area contributed by atoms with Crippen LogP contribution in [0.5, 0.6) is 0 Å². The Bertz CT molecular complexity index is 730. The summed E-state index contributed by atoms with van der Waals surface area (Å²) in [4.78, 5) is 26.0. The SMILES string of the molecule is O=C(CCc1ccco1)N[C@H]1CC(=O)N(CCc2cccc(Cl)c2)C1. The van der Waals surface area contributed by atoms with Gasteiger partial charge in [0.1, 0.15) is 5.76 Å². The molecule has 1 aliphatic heterocycles. The van der Waals surface area contributed by atoms with Crippen LogP contribution in [0.15, 0.2) is 47.1 Å². The molecule has 2 amide bonds. The van der Waals surface area contributed by atoms with E-state index in [9.17, 15) is 9.59 Å². The zero-order valence-electron chi connectivity index (χ0n) is 13.9. The summed E-state index contributed by atoms with van der Waals surface area (Å²) in [5.74, 6) is 0.824. The third kappa shape index (κ3) is 5.10. The summed E-state index contributed by atoms with van der Waals surface area (Å²) in [6.07, 6.45) is 3.65. The minimum absolute atomic E-state index is 0.0501. The van der Waals surface area contributed by atoms with Gasteiger partial charge in [-0.05, 0) is 36.2 Å². The number of hydrogen-bond acceptors (Lipinski definition) is 3. The van der Waals surface area contributed by atoms with Gasteiger partial charge in [-0.15, -0.1) is 0 Å². The van der Waals surface area contributed by atoms with Crippen molar-refractivity contribution in [1.82, 2.24) is 10.2 Å². The molecule has 1 fully saturated rings. The van der Waals surface area contributed by atoms with Crippen molar-refractivity contribution < 1.29 is 14.0 Å². The van der Waals surface area contributed by atoms with Gasteiger partial charge in [0.25, 0.3) is 0 Å². The lowest BCUT2D eigenvalue weighted by molar-refractivity contribution is -0.127. The maximum Gasteiger partial charge on any atom is 0.224 e. The molecule has 2 heterocycles. The van der Waals surface area contributed by atoms with Gasteiger partial charge < -0.3 is 14.6 Å². The van der Waals surface area contributed by atoms with Crippen LogP contribution in [0.2, 0.25) is 5.02 Å². The van der Waals surface area contributed by atoms with Crippen molar-refractivity contribution in [2.75, 3.05) is 13.1 Å². The molecule has 1 saturated heterocycles. The maximum absolute atomic E-state index is 12.1. The Morgan fingerprint density at radius 3 is 2.92 bits per heavy atom. The first kappa shape index (κ1) is 17.5. The number of furan rings is 1. The Labute approximate surface area is 151 Å². The van der Waals surface area contributed by atoms with Crippen LogP contribution in [0.4, 0.5) is 0 Å². The van der Waals surface area contributed by atoms with E-state index in [2.05, 4.69) is 5.32 Å². The zero-order chi connectivity index (χ0) is 17.6. The Morgan fingerprint density at radius 1 is 1.28 bits per heavy atom. The summed E-state index contributed by atoms with van der Waals surface area (Å²) in [5, 5.41) is 3.65. The fraction of sp³-hybridized carbons (Fsp3) is 0.368. The number of aryl methyl sites for hydroxylation is 1. The van der Waals surface area contributed by atoms with E-state index in [0.717, 1.165) is 17.7 Å². The van der Waals surface area contributed by atoms with Crippen molar-refractivity contribution in [3.8, 4) is 0 Å². The predicted octanol–water partition coefficient (Wildman–Crippen LogP) is 2.83. The summed E-state index contributed by atoms with van der Waals surface area (Å²) >= 11 is 5.98. The molecular weight excluding hydrogens is 340 g/mol. The lowest BCUT2D eigenvalue weighted by atomic mass is 10.1. The smallest absolute Gasteiger partial charge is 0.224 e. The quantitative estimate of drug-likeness (QED) is 0.825. The number of amides is 2. The van der Waals surface area contributed by atoms with Crippen LogP contribution in [0.1, 0.15) is 24.2 Å². The summed E-state index contributed by atoms with van der Waals surface area (Å²) in [6.45, 7) is 1.20. The van der Waals surface area contributed by atoms with E-state index in [1.165, 1.54) is 0 Å². The first-order valence-corrected chi connectivity index (χ1v) is 8.82. The molecule has 3 rings (SSSR count). The van der Waals surface area contributed by atoms with Crippen molar-refractivity contribution in [3.63, 3.8) is 0 Å². The fourth-order valence-corrected chi connectivity index (χ4v) is 3.25. The van der Waals surface area contributed by atoms with Crippen molar-refractivity contribution in [2.45, 2.75) is 31.7 Å². The molecule has 1 aromatic carbocycles. The molecule has 1 N–H and O–H groups in total. The first-order valence-electron chi connectivity index (χ1n) is 8.44. The minimum Gasteiger partial charge on any atom is -0.469 e. The highest BCUT2D eigenvalue weighted by molar-refractivity contribution is 6.30. The molecule has 0 radical (unpaired) electrons. The second kappa shape index (κ2) is 8.21. The molecule has 1 atom stereocenters. The average molecular weight is 361 g/mol. The van der Waals surface area contributed by atoms with Gasteiger partial charge in [-0.2, -0.15) is 0 Å². The maximum atomic E-state index is 12.1. The lowest BCUT2D eigenvalue weighted by Crippen LogP contribution is -2.37. The van der Waals surface area contributed by atoms with Gasteiger partial charge >= 0.3 is 0 Å². The molecule has 1 aliphatic rings. The number of carbonyl (C=O) groups excluding carboxylic acids is 2. The number of hydrogen-bond donors (Lipinski definition) is 1. The molecule has 25 heavy (non-hydrogen) atoms. The number of halogens is 1. The van der Waals surface area contributed by atoms with E-state index in [4.69, 9.17) is 16.0 Å². The van der Waals surface area contributed by atoms with Crippen LogP contribution in [0.25, 0.3) is 0 Å². The number of nitrogens with zero attached hydrogens (tertiary/aromatic N) is 1. The molecule has 0 saturated carbocycles. The molecular formula is C19H21ClN2O3. The molecule has 0 unspecified atom stereocenters. The van der Waals surface area contributed by atoms with Crippen LogP contribution >= 0.6 is 11.6 Å². The van der Waals surface area contributed by atoms with E-state index in [1.54, 1.807) is 17.2 Å². The highest BCUT2D eigenvalue weighted by Crippen LogP contribution is 2.15. The largest absolute Gasteiger partial charge is 0.469 e. The van der Waals surface area contributed by atoms with Crippen molar-refractivity contribution in [1.29, 1.82) is 0 Å². The van der Waals surface area contributed by atoms with Gasteiger partial charge in [-0.1, -0.05) is 23.7 Å². The molecule has 2 aromatic rings. The van der Waals surface area contributed by atoms with E-state index < -0.39 is 0 Å². The Balaban J connectivity index is 1.43. The molecule has 1 aromatic heterocycles. The standard InChI is InChI=1S/C19H21ClN2O3/c20-15-4-1-3-14(11-15)8-9-22-13-16(12-19(22)24)21-18(23)7-6-17-5-2-10-25-17/h1-5,10-11,16H,6-9,12-13H2,(H,21,23)/t16-/m0/s1. The highest BCUT2D eigenvalue weighted by atomic mass is 35.5. The van der Waals surface area contributed by atoms with Crippen LogP contribution in [0.3, 0.4) is 0 Å². The van der Waals surface area contributed by atoms with Gasteiger partial charge in [0.15, 0.2) is 0 Å². The Morgan fingerprint density at radius 2 is 2.16 bits per heavy atom. The van der Waals surface area contributed by atoms with Gasteiger partial charge in [-0.25, -0.2) is 0 Å². The van der Waals surface area contributed by atoms with Crippen LogP contribution < -0.4 is 5.32 Å². The Hall–Kier alpha value is -2.27. The van der Waals surface area contributed by atoms with Crippen molar-refractivity contribution in [2.24, 2.45) is 0 Å². The van der Waals surface area contributed by atoms with E-state index in [-0.39, 0.29) is 17.9 Å². The van der Waals surface area contributed by atoms with Gasteiger partial charge in [0.2, 0.25) is 11.8 Å². The highest BCUT2D eigenvalue weighted by Gasteiger charge is 2.30. The van der Waals surface area contributed by atoms with Crippen LogP contribution in [-0.2, 0) is 22.4 Å². The summed E-state index contributed by atoms with van der Waals surface area (Å²) < 4.78 is 5.22. The first-order chi connectivity index (χ1) is 12.1. The van der Waals surface area contributed by atoms with Gasteiger partial charge in [-0.3, -0.25) is 9.59 Å². The lowest BCUT2D eigenvalue weighted by Gasteiger charge is -2.17. The van der Waals surface area contributed by atoms with Crippen LogP contribution in [0, 0.1) is 0 Å². The molecule has 0 spiro atoms. The van der Waals surface area contributed by atoms with E-state index >= 15 is 0 Å². The molecule has 5 nitrogen and oxygen atoms in total. The third-order valence-electron chi connectivity index (χ3n) is 4.32. The minimum atomic E-state index is -0.115. The summed E-state index contributed by atoms with van der Waals surface area (Å²) in [6, 6.07) is 11.2.